The quantitative estimate of drug-likeness (QED) is 0.0343. The molecule has 460 valence electrons. The summed E-state index contributed by atoms with van der Waals surface area (Å²) in [4.78, 5) is 56.3. The van der Waals surface area contributed by atoms with Crippen LogP contribution in [0.15, 0.2) is 84.4 Å². The maximum Gasteiger partial charge on any atom is 1.00 e. The molecule has 2 atom stereocenters. The first-order valence-electron chi connectivity index (χ1n) is 28.1. The number of hydrogen-bond donors (Lipinski definition) is 1. The molecule has 0 bridgehead atoms. The van der Waals surface area contributed by atoms with Crippen molar-refractivity contribution in [2.75, 3.05) is 67.6 Å². The Labute approximate surface area is 547 Å². The van der Waals surface area contributed by atoms with Crippen LogP contribution in [0.5, 0.6) is 23.0 Å². The van der Waals surface area contributed by atoms with Gasteiger partial charge in [-0.15, -0.1) is 47.3 Å². The van der Waals surface area contributed by atoms with Gasteiger partial charge >= 0.3 is 64.2 Å². The molecule has 0 fully saturated rings. The largest absolute Gasteiger partial charge is 1.00 e. The van der Waals surface area contributed by atoms with Crippen LogP contribution in [-0.2, 0) is 108 Å². The fraction of sp³-hybridized carbons (Fsp3) is 0.500. The van der Waals surface area contributed by atoms with Crippen LogP contribution in [0.25, 0.3) is 0 Å². The second kappa shape index (κ2) is 42.0. The Morgan fingerprint density at radius 3 is 1.48 bits per heavy atom. The van der Waals surface area contributed by atoms with E-state index in [9.17, 15) is 33.6 Å². The van der Waals surface area contributed by atoms with E-state index in [0.717, 1.165) is 92.6 Å². The van der Waals surface area contributed by atoms with Crippen molar-refractivity contribution in [2.24, 2.45) is 11.8 Å². The maximum atomic E-state index is 11.8. The van der Waals surface area contributed by atoms with Gasteiger partial charge in [0, 0.05) is 33.2 Å². The Bertz CT molecular complexity index is 2780. The third-order valence-corrected chi connectivity index (χ3v) is 15.6. The molecule has 22 heteroatoms. The number of ketones is 1. The number of halogens is 3. The summed E-state index contributed by atoms with van der Waals surface area (Å²) in [5.41, 5.74) is 11.3. The third-order valence-electron chi connectivity index (χ3n) is 13.6. The first-order chi connectivity index (χ1) is 39.7. The number of fused-ring (bicyclic) bond motifs is 4. The van der Waals surface area contributed by atoms with Crippen molar-refractivity contribution in [3.63, 3.8) is 0 Å². The monoisotopic (exact) mass is 1390 g/mol. The summed E-state index contributed by atoms with van der Waals surface area (Å²) in [6.07, 6.45) is 13.1. The summed E-state index contributed by atoms with van der Waals surface area (Å²) in [5, 5.41) is 9.36. The van der Waals surface area contributed by atoms with Crippen molar-refractivity contribution >= 4 is 87.7 Å². The summed E-state index contributed by atoms with van der Waals surface area (Å²) in [5.74, 6) is 3.17. The van der Waals surface area contributed by atoms with E-state index in [1.807, 2.05) is 56.3 Å². The number of ether oxygens (including phenoxy) is 7. The summed E-state index contributed by atoms with van der Waals surface area (Å²) < 4.78 is 56.7. The van der Waals surface area contributed by atoms with E-state index in [-0.39, 0.29) is 79.5 Å². The molecule has 4 aliphatic rings. The predicted molar refractivity (Wildman–Crippen MR) is 338 cm³/mol. The van der Waals surface area contributed by atoms with E-state index in [1.54, 1.807) is 54.2 Å². The van der Waals surface area contributed by atoms with Crippen LogP contribution >= 0.6 is 54.9 Å². The zero-order chi connectivity index (χ0) is 61.3. The minimum Gasteiger partial charge on any atom is -1.00 e. The number of phenols is 1. The molecule has 0 radical (unpaired) electrons. The summed E-state index contributed by atoms with van der Waals surface area (Å²) in [7, 11) is 3.18. The van der Waals surface area contributed by atoms with Crippen LogP contribution in [0, 0.1) is 11.8 Å². The molecule has 2 unspecified atom stereocenters. The predicted octanol–water partition coefficient (Wildman–Crippen LogP) is 10.6. The van der Waals surface area contributed by atoms with E-state index < -0.39 is 13.6 Å². The van der Waals surface area contributed by atoms with E-state index >= 15 is 0 Å². The van der Waals surface area contributed by atoms with Gasteiger partial charge in [0.2, 0.25) is 0 Å². The Balaban J connectivity index is 0.00000103. The molecule has 4 aliphatic carbocycles. The van der Waals surface area contributed by atoms with Crippen molar-refractivity contribution in [2.45, 2.75) is 125 Å². The normalized spacial score (nSPS) is 15.5. The molecule has 16 nitrogen and oxygen atoms in total. The molecule has 0 aliphatic heterocycles. The van der Waals surface area contributed by atoms with Gasteiger partial charge < -0.3 is 48.7 Å². The molecule has 1 N–H and O–H groups in total. The van der Waals surface area contributed by atoms with Crippen LogP contribution < -0.4 is 43.8 Å². The Kier molecular flexibility index (Phi) is 38.1. The molecule has 8 rings (SSSR count). The number of hydrogen-bond acceptors (Lipinski definition) is 16. The summed E-state index contributed by atoms with van der Waals surface area (Å²) in [6.45, 7) is 10.4. The van der Waals surface area contributed by atoms with Crippen molar-refractivity contribution in [1.29, 1.82) is 0 Å². The molecule has 0 heterocycles. The summed E-state index contributed by atoms with van der Waals surface area (Å²) >= 11 is 9.31. The van der Waals surface area contributed by atoms with Gasteiger partial charge in [0.15, 0.2) is 0 Å². The average Bonchev–Trinajstić information content (AvgIpc) is 3.66. The number of allylic oxidation sites excluding steroid dienone is 1. The molecule has 0 aromatic heterocycles. The van der Waals surface area contributed by atoms with Crippen molar-refractivity contribution in [3.05, 3.63) is 129 Å². The van der Waals surface area contributed by atoms with Gasteiger partial charge in [0.05, 0.1) is 61.5 Å². The first kappa shape index (κ1) is 76.1. The second-order valence-electron chi connectivity index (χ2n) is 19.5. The van der Waals surface area contributed by atoms with Gasteiger partial charge in [-0.05, 0) is 204 Å². The van der Waals surface area contributed by atoms with E-state index in [0.29, 0.717) is 62.3 Å². The molecule has 4 aromatic carbocycles. The number of aromatic hydroxyl groups is 1. The Morgan fingerprint density at radius 1 is 0.571 bits per heavy atom. The van der Waals surface area contributed by atoms with Crippen LogP contribution in [-0.4, -0.2) is 106 Å². The molecule has 0 amide bonds. The van der Waals surface area contributed by atoms with Gasteiger partial charge in [0.1, 0.15) is 34.9 Å². The Morgan fingerprint density at radius 2 is 1.00 bits per heavy atom. The zero-order valence-electron chi connectivity index (χ0n) is 51.5. The molecule has 4 aromatic rings. The average molecular weight is 1390 g/mol. The first-order valence-corrected chi connectivity index (χ1v) is 32.6. The van der Waals surface area contributed by atoms with E-state index in [2.05, 4.69) is 81.0 Å². The molecule has 0 spiro atoms. The SMILES string of the molecule is BrB(Br)Br.CCOC(=O)/C=C1\CCc2cc(OC)ccc2C1.CCOC(=O)CC1CCc2cc(OC)ccc2C1.CCOC(=O)CP(=O)(OCC)OCC.COC(=O)CC1CCc2cc(O)ccc2C1.COc1ccc2c(c1)CCC(=O)C2.[H-].[HH].[Na+]. The number of esters is 4. The number of rotatable bonds is 17. The summed E-state index contributed by atoms with van der Waals surface area (Å²) in [6, 6.07) is 23.8. The maximum absolute atomic E-state index is 11.8. The van der Waals surface area contributed by atoms with Gasteiger partial charge in [-0.2, -0.15) is 0 Å². The smallest absolute Gasteiger partial charge is 1.00 e. The zero-order valence-corrected chi connectivity index (χ0v) is 58.2. The number of Topliss-reactive ketones (excluding diaryl/α,β-unsaturated/α-hetero) is 1. The number of benzene rings is 4. The standard InChI is InChI=1S/C15H20O3.C15H18O3.C13H16O3.C11H12O2.C8H17O5P.BBr3.Na.H2.H/c2*1-3-18-15(16)9-11-4-5-13-10-14(17-2)7-6-12(13)8-11;1-16-13(15)7-9-2-3-11-8-12(14)5-4-10(11)6-9;1-13-11-5-3-8-6-10(12)4-2-9(8)7-11;1-4-11-8(9)7-14(10,12-5-2)13-6-3;2-1(3)4;;;/h6-7,10-11H,3-5,8-9H2,1-2H3;6-7,9-10H,3-5,8H2,1-2H3;4-5,8-9,14H,2-3,6-7H2,1H3;3,5,7H,2,4,6H2,1H3;4-7H2,1-3H3;;;1H;/q;;;;;;+1;;-1/b;11-9+;;;;;;;. The van der Waals surface area contributed by atoms with Gasteiger partial charge in [-0.3, -0.25) is 23.7 Å². The van der Waals surface area contributed by atoms with Gasteiger partial charge in [-0.25, -0.2) is 4.79 Å². The number of phenolic OH excluding ortho intramolecular Hbond substituents is 1. The Hall–Kier alpha value is -3.98. The number of methoxy groups -OCH3 is 4. The number of carbonyl (C=O) groups excluding carboxylic acids is 5. The van der Waals surface area contributed by atoms with Crippen molar-refractivity contribution < 1.29 is 108 Å². The van der Waals surface area contributed by atoms with E-state index in [4.69, 9.17) is 32.7 Å². The van der Waals surface area contributed by atoms with Crippen LogP contribution in [0.1, 0.15) is 121 Å². The fourth-order valence-electron chi connectivity index (χ4n) is 9.71. The van der Waals surface area contributed by atoms with Crippen LogP contribution in [0.2, 0.25) is 0 Å². The molecule has 0 saturated carbocycles. The minimum atomic E-state index is -3.28. The minimum absolute atomic E-state index is 0. The third kappa shape index (κ3) is 29.1. The molecular formula is C62H86BBr3NaO16P. The van der Waals surface area contributed by atoms with Gasteiger partial charge in [0.25, 0.3) is 0 Å². The second-order valence-corrected chi connectivity index (χ2v) is 28.0. The molecule has 0 saturated heterocycles. The molecule has 84 heavy (non-hydrogen) atoms. The molecular weight excluding hydrogens is 1310 g/mol. The van der Waals surface area contributed by atoms with Crippen LogP contribution in [0.4, 0.5) is 0 Å². The fourth-order valence-corrected chi connectivity index (χ4v) is 11.2. The van der Waals surface area contributed by atoms with E-state index in [1.165, 1.54) is 46.1 Å². The number of aryl methyl sites for hydroxylation is 4. The topological polar surface area (TPSA) is 206 Å². The van der Waals surface area contributed by atoms with Crippen LogP contribution in [0.3, 0.4) is 0 Å². The number of carbonyl (C=O) groups is 5. The van der Waals surface area contributed by atoms with Crippen molar-refractivity contribution in [3.8, 4) is 23.0 Å². The van der Waals surface area contributed by atoms with Crippen molar-refractivity contribution in [1.82, 2.24) is 0 Å². The van der Waals surface area contributed by atoms with Gasteiger partial charge in [-0.1, -0.05) is 29.8 Å².